The maximum absolute atomic E-state index is 4.14. The SMILES string of the molecule is C=NC(=NCC)c1ccccn1. The molecule has 1 rings (SSSR count). The normalized spacial score (nSPS) is 11.2. The van der Waals surface area contributed by atoms with Crippen LogP contribution in [0.1, 0.15) is 12.6 Å². The van der Waals surface area contributed by atoms with Crippen LogP contribution in [-0.4, -0.2) is 24.1 Å². The minimum atomic E-state index is 0.609. The van der Waals surface area contributed by atoms with Crippen molar-refractivity contribution in [1.82, 2.24) is 4.98 Å². The summed E-state index contributed by atoms with van der Waals surface area (Å²) in [6.45, 7) is 6.09. The van der Waals surface area contributed by atoms with Crippen molar-refractivity contribution in [2.75, 3.05) is 6.54 Å². The molecule has 0 fully saturated rings. The Kier molecular flexibility index (Phi) is 3.14. The highest BCUT2D eigenvalue weighted by Crippen LogP contribution is 1.97. The van der Waals surface area contributed by atoms with E-state index in [0.717, 1.165) is 5.69 Å². The van der Waals surface area contributed by atoms with Gasteiger partial charge in [-0.15, -0.1) is 0 Å². The second kappa shape index (κ2) is 4.38. The van der Waals surface area contributed by atoms with Gasteiger partial charge in [0.2, 0.25) is 0 Å². The van der Waals surface area contributed by atoms with E-state index < -0.39 is 0 Å². The summed E-state index contributed by atoms with van der Waals surface area (Å²) in [4.78, 5) is 12.0. The predicted octanol–water partition coefficient (Wildman–Crippen LogP) is 1.55. The summed E-state index contributed by atoms with van der Waals surface area (Å²) in [6.07, 6.45) is 1.71. The molecule has 1 aromatic rings. The van der Waals surface area contributed by atoms with E-state index >= 15 is 0 Å². The van der Waals surface area contributed by atoms with Gasteiger partial charge in [0.05, 0.1) is 0 Å². The van der Waals surface area contributed by atoms with E-state index in [2.05, 4.69) is 21.7 Å². The third-order valence-electron chi connectivity index (χ3n) is 1.35. The van der Waals surface area contributed by atoms with Crippen LogP contribution in [-0.2, 0) is 0 Å². The first-order chi connectivity index (χ1) is 5.88. The Balaban J connectivity index is 2.96. The molecule has 0 aliphatic carbocycles. The van der Waals surface area contributed by atoms with E-state index in [9.17, 15) is 0 Å². The maximum Gasteiger partial charge on any atom is 0.172 e. The molecule has 0 aromatic carbocycles. The number of aromatic nitrogens is 1. The minimum Gasteiger partial charge on any atom is -0.265 e. The monoisotopic (exact) mass is 161 g/mol. The lowest BCUT2D eigenvalue weighted by atomic mass is 10.3. The van der Waals surface area contributed by atoms with Gasteiger partial charge in [-0.2, -0.15) is 0 Å². The second-order valence-corrected chi connectivity index (χ2v) is 2.17. The Morgan fingerprint density at radius 2 is 2.42 bits per heavy atom. The van der Waals surface area contributed by atoms with E-state index in [1.165, 1.54) is 0 Å². The molecule has 3 heteroatoms. The van der Waals surface area contributed by atoms with Gasteiger partial charge in [0, 0.05) is 12.7 Å². The number of hydrogen-bond donors (Lipinski definition) is 0. The van der Waals surface area contributed by atoms with E-state index in [1.807, 2.05) is 25.1 Å². The second-order valence-electron chi connectivity index (χ2n) is 2.17. The molecule has 0 saturated heterocycles. The first-order valence-corrected chi connectivity index (χ1v) is 3.81. The lowest BCUT2D eigenvalue weighted by molar-refractivity contribution is 1.11. The molecular weight excluding hydrogens is 150 g/mol. The van der Waals surface area contributed by atoms with Crippen molar-refractivity contribution in [2.45, 2.75) is 6.92 Å². The van der Waals surface area contributed by atoms with Crippen LogP contribution >= 0.6 is 0 Å². The fourth-order valence-corrected chi connectivity index (χ4v) is 0.857. The molecule has 0 bridgehead atoms. The number of hydrogen-bond acceptors (Lipinski definition) is 2. The minimum absolute atomic E-state index is 0.609. The summed E-state index contributed by atoms with van der Waals surface area (Å²) in [5, 5.41) is 0. The van der Waals surface area contributed by atoms with Crippen LogP contribution in [0.5, 0.6) is 0 Å². The van der Waals surface area contributed by atoms with Crippen molar-refractivity contribution in [3.63, 3.8) is 0 Å². The van der Waals surface area contributed by atoms with Gasteiger partial charge in [0.15, 0.2) is 5.84 Å². The fourth-order valence-electron chi connectivity index (χ4n) is 0.857. The molecule has 1 heterocycles. The number of pyridine rings is 1. The Labute approximate surface area is 71.9 Å². The van der Waals surface area contributed by atoms with E-state index in [-0.39, 0.29) is 0 Å². The van der Waals surface area contributed by atoms with Crippen LogP contribution in [0.2, 0.25) is 0 Å². The zero-order valence-corrected chi connectivity index (χ0v) is 7.07. The fraction of sp³-hybridized carbons (Fsp3) is 0.222. The largest absolute Gasteiger partial charge is 0.265 e. The average Bonchev–Trinajstić information content (AvgIpc) is 2.15. The molecule has 0 spiro atoms. The smallest absolute Gasteiger partial charge is 0.172 e. The van der Waals surface area contributed by atoms with Gasteiger partial charge in [-0.3, -0.25) is 9.98 Å². The summed E-state index contributed by atoms with van der Waals surface area (Å²) in [7, 11) is 0. The van der Waals surface area contributed by atoms with Gasteiger partial charge in [-0.05, 0) is 25.8 Å². The number of nitrogens with zero attached hydrogens (tertiary/aromatic N) is 3. The van der Waals surface area contributed by atoms with Gasteiger partial charge < -0.3 is 0 Å². The Morgan fingerprint density at radius 1 is 1.58 bits per heavy atom. The third-order valence-corrected chi connectivity index (χ3v) is 1.35. The first-order valence-electron chi connectivity index (χ1n) is 3.81. The highest BCUT2D eigenvalue weighted by molar-refractivity contribution is 5.99. The van der Waals surface area contributed by atoms with E-state index in [0.29, 0.717) is 12.4 Å². The molecule has 3 nitrogen and oxygen atoms in total. The average molecular weight is 161 g/mol. The molecular formula is C9H11N3. The highest BCUT2D eigenvalue weighted by atomic mass is 14.9. The van der Waals surface area contributed by atoms with Gasteiger partial charge in [0.25, 0.3) is 0 Å². The Bertz CT molecular complexity index is 277. The summed E-state index contributed by atoms with van der Waals surface area (Å²) in [6, 6.07) is 5.62. The number of rotatable bonds is 2. The van der Waals surface area contributed by atoms with Crippen LogP contribution < -0.4 is 0 Å². The molecule has 0 aliphatic rings. The molecule has 0 atom stereocenters. The van der Waals surface area contributed by atoms with Gasteiger partial charge in [-0.25, -0.2) is 4.99 Å². The van der Waals surface area contributed by atoms with Crippen LogP contribution in [0.25, 0.3) is 0 Å². The molecule has 1 aromatic heterocycles. The standard InChI is InChI=1S/C9H11N3/c1-3-11-9(10-2)8-6-4-5-7-12-8/h4-7H,2-3H2,1H3. The molecule has 0 aliphatic heterocycles. The van der Waals surface area contributed by atoms with Crippen LogP contribution in [0, 0.1) is 0 Å². The maximum atomic E-state index is 4.14. The quantitative estimate of drug-likeness (QED) is 0.479. The summed E-state index contributed by atoms with van der Waals surface area (Å²) in [5.41, 5.74) is 0.773. The summed E-state index contributed by atoms with van der Waals surface area (Å²) < 4.78 is 0. The Morgan fingerprint density at radius 3 is 2.92 bits per heavy atom. The molecule has 0 amide bonds. The van der Waals surface area contributed by atoms with Crippen molar-refractivity contribution in [3.05, 3.63) is 30.1 Å². The van der Waals surface area contributed by atoms with Gasteiger partial charge in [0.1, 0.15) is 5.69 Å². The molecule has 0 saturated carbocycles. The zero-order valence-electron chi connectivity index (χ0n) is 7.07. The van der Waals surface area contributed by atoms with Crippen molar-refractivity contribution in [3.8, 4) is 0 Å². The highest BCUT2D eigenvalue weighted by Gasteiger charge is 1.98. The van der Waals surface area contributed by atoms with E-state index in [4.69, 9.17) is 0 Å². The van der Waals surface area contributed by atoms with Crippen LogP contribution in [0.3, 0.4) is 0 Å². The van der Waals surface area contributed by atoms with Gasteiger partial charge in [-0.1, -0.05) is 6.07 Å². The molecule has 12 heavy (non-hydrogen) atoms. The zero-order chi connectivity index (χ0) is 8.81. The van der Waals surface area contributed by atoms with E-state index in [1.54, 1.807) is 6.20 Å². The van der Waals surface area contributed by atoms with Gasteiger partial charge >= 0.3 is 0 Å². The molecule has 0 radical (unpaired) electrons. The third kappa shape index (κ3) is 1.99. The summed E-state index contributed by atoms with van der Waals surface area (Å²) >= 11 is 0. The van der Waals surface area contributed by atoms with Crippen molar-refractivity contribution < 1.29 is 0 Å². The molecule has 62 valence electrons. The number of amidine groups is 1. The number of aliphatic imine (C=N–C) groups is 2. The lowest BCUT2D eigenvalue weighted by Gasteiger charge is -1.96. The molecule has 0 unspecified atom stereocenters. The van der Waals surface area contributed by atoms with Crippen molar-refractivity contribution >= 4 is 12.6 Å². The predicted molar refractivity (Wildman–Crippen MR) is 50.9 cm³/mol. The van der Waals surface area contributed by atoms with Crippen molar-refractivity contribution in [1.29, 1.82) is 0 Å². The Hall–Kier alpha value is -1.51. The van der Waals surface area contributed by atoms with Crippen molar-refractivity contribution in [2.24, 2.45) is 9.98 Å². The lowest BCUT2D eigenvalue weighted by Crippen LogP contribution is -1.99. The van der Waals surface area contributed by atoms with Crippen LogP contribution in [0.15, 0.2) is 34.4 Å². The summed E-state index contributed by atoms with van der Waals surface area (Å²) in [5.74, 6) is 0.609. The first kappa shape index (κ1) is 8.59. The molecule has 0 N–H and O–H groups in total. The topological polar surface area (TPSA) is 37.6 Å². The van der Waals surface area contributed by atoms with Crippen LogP contribution in [0.4, 0.5) is 0 Å².